The van der Waals surface area contributed by atoms with Crippen LogP contribution in [-0.2, 0) is 0 Å². The van der Waals surface area contributed by atoms with Gasteiger partial charge in [-0.05, 0) is 40.3 Å². The third kappa shape index (κ3) is 2.99. The average Bonchev–Trinajstić information content (AvgIpc) is 2.15. The number of likely N-dealkylation sites (N-methyl/N-ethyl adjacent to an activating group) is 1. The van der Waals surface area contributed by atoms with E-state index < -0.39 is 0 Å². The van der Waals surface area contributed by atoms with Gasteiger partial charge in [0.25, 0.3) is 0 Å². The number of benzene rings is 1. The number of aryl methyl sites for hydroxylation is 2. The van der Waals surface area contributed by atoms with Gasteiger partial charge < -0.3 is 15.8 Å². The summed E-state index contributed by atoms with van der Waals surface area (Å²) in [4.78, 5) is 0. The fourth-order valence-corrected chi connectivity index (χ4v) is 2.41. The molecule has 0 aliphatic heterocycles. The van der Waals surface area contributed by atoms with Gasteiger partial charge in [-0.15, -0.1) is 0 Å². The van der Waals surface area contributed by atoms with Crippen molar-refractivity contribution in [3.05, 3.63) is 28.8 Å². The largest absolute Gasteiger partial charge is 0.496 e. The first-order valence-electron chi connectivity index (χ1n) is 5.92. The zero-order valence-corrected chi connectivity index (χ0v) is 11.7. The smallest absolute Gasteiger partial charge is 0.126 e. The Morgan fingerprint density at radius 2 is 1.88 bits per heavy atom. The Bertz CT molecular complexity index is 394. The van der Waals surface area contributed by atoms with Gasteiger partial charge in [-0.3, -0.25) is 0 Å². The van der Waals surface area contributed by atoms with Crippen LogP contribution in [0.4, 0.5) is 0 Å². The predicted molar refractivity (Wildman–Crippen MR) is 72.5 cm³/mol. The number of methoxy groups -OCH3 is 1. The first kappa shape index (κ1) is 14.0. The van der Waals surface area contributed by atoms with Crippen LogP contribution in [0, 0.1) is 13.8 Å². The van der Waals surface area contributed by atoms with E-state index in [9.17, 15) is 0 Å². The number of nitrogens with two attached hydrogens (primary N) is 1. The zero-order valence-electron chi connectivity index (χ0n) is 11.7. The third-order valence-corrected chi connectivity index (χ3v) is 3.00. The molecule has 1 aromatic carbocycles. The van der Waals surface area contributed by atoms with Gasteiger partial charge >= 0.3 is 0 Å². The van der Waals surface area contributed by atoms with E-state index in [-0.39, 0.29) is 11.6 Å². The molecular formula is C14H24N2O. The third-order valence-electron chi connectivity index (χ3n) is 3.00. The van der Waals surface area contributed by atoms with E-state index in [4.69, 9.17) is 10.5 Å². The summed E-state index contributed by atoms with van der Waals surface area (Å²) in [7, 11) is 3.63. The van der Waals surface area contributed by atoms with Crippen molar-refractivity contribution in [2.75, 3.05) is 14.2 Å². The average molecular weight is 236 g/mol. The van der Waals surface area contributed by atoms with Gasteiger partial charge in [-0.25, -0.2) is 0 Å². The first-order valence-corrected chi connectivity index (χ1v) is 5.92. The van der Waals surface area contributed by atoms with Crippen LogP contribution < -0.4 is 15.8 Å². The Morgan fingerprint density at radius 1 is 1.29 bits per heavy atom. The molecule has 0 fully saturated rings. The molecule has 3 heteroatoms. The normalized spacial score (nSPS) is 13.6. The lowest BCUT2D eigenvalue weighted by Crippen LogP contribution is -2.45. The molecule has 0 radical (unpaired) electrons. The van der Waals surface area contributed by atoms with Crippen LogP contribution in [0.15, 0.2) is 12.1 Å². The van der Waals surface area contributed by atoms with Gasteiger partial charge in [0.2, 0.25) is 0 Å². The number of rotatable bonds is 4. The molecule has 0 saturated heterocycles. The lowest BCUT2D eigenvalue weighted by molar-refractivity contribution is 0.345. The highest BCUT2D eigenvalue weighted by molar-refractivity contribution is 5.46. The van der Waals surface area contributed by atoms with Crippen molar-refractivity contribution in [3.63, 3.8) is 0 Å². The summed E-state index contributed by atoms with van der Waals surface area (Å²) in [5.41, 5.74) is 9.38. The zero-order chi connectivity index (χ0) is 13.2. The van der Waals surface area contributed by atoms with Gasteiger partial charge in [-0.2, -0.15) is 0 Å². The first-order chi connectivity index (χ1) is 7.81. The molecule has 96 valence electrons. The van der Waals surface area contributed by atoms with E-state index >= 15 is 0 Å². The van der Waals surface area contributed by atoms with Crippen LogP contribution in [0.25, 0.3) is 0 Å². The molecule has 1 atom stereocenters. The maximum atomic E-state index is 6.23. The maximum absolute atomic E-state index is 6.23. The Kier molecular flexibility index (Phi) is 4.17. The number of nitrogens with one attached hydrogen (secondary N) is 1. The topological polar surface area (TPSA) is 47.3 Å². The predicted octanol–water partition coefficient (Wildman–Crippen LogP) is 2.31. The molecule has 0 bridgehead atoms. The minimum atomic E-state index is -0.345. The molecule has 17 heavy (non-hydrogen) atoms. The van der Waals surface area contributed by atoms with Crippen LogP contribution in [0.5, 0.6) is 5.75 Å². The minimum Gasteiger partial charge on any atom is -0.496 e. The molecule has 0 spiro atoms. The Labute approximate surface area is 104 Å². The fourth-order valence-electron chi connectivity index (χ4n) is 2.41. The summed E-state index contributed by atoms with van der Waals surface area (Å²) < 4.78 is 5.51. The standard InChI is InChI=1S/C14H24N2O/c1-9-7-10(2)12(17-6)11(8-9)13(16-5)14(3,4)15/h7-8,13,16H,15H2,1-6H3. The van der Waals surface area contributed by atoms with E-state index in [0.29, 0.717) is 0 Å². The lowest BCUT2D eigenvalue weighted by atomic mass is 9.87. The molecule has 1 aromatic rings. The summed E-state index contributed by atoms with van der Waals surface area (Å²) in [6.45, 7) is 8.19. The summed E-state index contributed by atoms with van der Waals surface area (Å²) in [5.74, 6) is 0.925. The molecule has 1 rings (SSSR count). The second kappa shape index (κ2) is 5.07. The van der Waals surface area contributed by atoms with Crippen LogP contribution in [0.3, 0.4) is 0 Å². The second-order valence-corrected chi connectivity index (χ2v) is 5.25. The van der Waals surface area contributed by atoms with Crippen LogP contribution in [0.1, 0.15) is 36.6 Å². The Hall–Kier alpha value is -1.06. The fraction of sp³-hybridized carbons (Fsp3) is 0.571. The molecular weight excluding hydrogens is 212 g/mol. The molecule has 0 saturated carbocycles. The van der Waals surface area contributed by atoms with Crippen molar-refractivity contribution in [2.24, 2.45) is 5.73 Å². The van der Waals surface area contributed by atoms with Crippen molar-refractivity contribution < 1.29 is 4.74 Å². The van der Waals surface area contributed by atoms with Crippen molar-refractivity contribution in [2.45, 2.75) is 39.3 Å². The van der Waals surface area contributed by atoms with Gasteiger partial charge in [-0.1, -0.05) is 17.7 Å². The van der Waals surface area contributed by atoms with Crippen molar-refractivity contribution in [1.82, 2.24) is 5.32 Å². The summed E-state index contributed by atoms with van der Waals surface area (Å²) in [6.07, 6.45) is 0. The van der Waals surface area contributed by atoms with Crippen LogP contribution in [0.2, 0.25) is 0 Å². The highest BCUT2D eigenvalue weighted by Gasteiger charge is 2.28. The van der Waals surface area contributed by atoms with Crippen molar-refractivity contribution in [1.29, 1.82) is 0 Å². The summed E-state index contributed by atoms with van der Waals surface area (Å²) in [6, 6.07) is 4.33. The van der Waals surface area contributed by atoms with Crippen LogP contribution in [-0.4, -0.2) is 19.7 Å². The van der Waals surface area contributed by atoms with E-state index in [1.54, 1.807) is 7.11 Å². The number of hydrogen-bond acceptors (Lipinski definition) is 3. The van der Waals surface area contributed by atoms with Gasteiger partial charge in [0.05, 0.1) is 13.2 Å². The van der Waals surface area contributed by atoms with Crippen molar-refractivity contribution in [3.8, 4) is 5.75 Å². The second-order valence-electron chi connectivity index (χ2n) is 5.25. The van der Waals surface area contributed by atoms with Gasteiger partial charge in [0, 0.05) is 11.1 Å². The molecule has 3 nitrogen and oxygen atoms in total. The minimum absolute atomic E-state index is 0.0658. The van der Waals surface area contributed by atoms with E-state index in [1.165, 1.54) is 5.56 Å². The van der Waals surface area contributed by atoms with Gasteiger partial charge in [0.1, 0.15) is 5.75 Å². The monoisotopic (exact) mass is 236 g/mol. The maximum Gasteiger partial charge on any atom is 0.126 e. The molecule has 0 heterocycles. The molecule has 0 aliphatic rings. The van der Waals surface area contributed by atoms with Gasteiger partial charge in [0.15, 0.2) is 0 Å². The molecule has 1 unspecified atom stereocenters. The molecule has 0 aliphatic carbocycles. The number of ether oxygens (including phenoxy) is 1. The molecule has 0 amide bonds. The Morgan fingerprint density at radius 3 is 2.29 bits per heavy atom. The lowest BCUT2D eigenvalue weighted by Gasteiger charge is -2.32. The highest BCUT2D eigenvalue weighted by atomic mass is 16.5. The summed E-state index contributed by atoms with van der Waals surface area (Å²) >= 11 is 0. The highest BCUT2D eigenvalue weighted by Crippen LogP contribution is 2.34. The van der Waals surface area contributed by atoms with E-state index in [0.717, 1.165) is 16.9 Å². The molecule has 0 aromatic heterocycles. The van der Waals surface area contributed by atoms with E-state index in [1.807, 2.05) is 20.9 Å². The number of hydrogen-bond donors (Lipinski definition) is 2. The summed E-state index contributed by atoms with van der Waals surface area (Å²) in [5, 5.41) is 3.28. The van der Waals surface area contributed by atoms with Crippen LogP contribution >= 0.6 is 0 Å². The van der Waals surface area contributed by atoms with Crippen molar-refractivity contribution >= 4 is 0 Å². The van der Waals surface area contributed by atoms with E-state index in [2.05, 4.69) is 31.3 Å². The molecule has 3 N–H and O–H groups in total. The quantitative estimate of drug-likeness (QED) is 0.843. The SMILES string of the molecule is CNC(c1cc(C)cc(C)c1OC)C(C)(C)N. The Balaban J connectivity index is 3.37.